The highest BCUT2D eigenvalue weighted by Crippen LogP contribution is 2.41. The fraction of sp³-hybridized carbons (Fsp3) is 0.522. The zero-order valence-electron chi connectivity index (χ0n) is 16.7. The summed E-state index contributed by atoms with van der Waals surface area (Å²) in [4.78, 5) is 33.9. The van der Waals surface area contributed by atoms with Crippen LogP contribution in [0.5, 0.6) is 0 Å². The second-order valence-electron chi connectivity index (χ2n) is 8.79. The van der Waals surface area contributed by atoms with Crippen LogP contribution in [0.15, 0.2) is 36.5 Å². The molecule has 5 rings (SSSR count). The lowest BCUT2D eigenvalue weighted by Crippen LogP contribution is -2.44. The molecule has 3 saturated heterocycles. The number of benzene rings is 1. The van der Waals surface area contributed by atoms with Gasteiger partial charge in [0.2, 0.25) is 5.91 Å². The smallest absolute Gasteiger partial charge is 0.253 e. The number of piperidine rings is 1. The van der Waals surface area contributed by atoms with Gasteiger partial charge in [0.25, 0.3) is 5.91 Å². The number of fused-ring (bicyclic) bond motifs is 1. The van der Waals surface area contributed by atoms with Gasteiger partial charge in [0.1, 0.15) is 0 Å². The molecule has 0 N–H and O–H groups in total. The fourth-order valence-electron chi connectivity index (χ4n) is 5.09. The van der Waals surface area contributed by atoms with Gasteiger partial charge in [-0.15, -0.1) is 0 Å². The molecule has 1 spiro atoms. The molecule has 1 aromatic carbocycles. The minimum absolute atomic E-state index is 0.0276. The van der Waals surface area contributed by atoms with Crippen molar-refractivity contribution in [1.29, 1.82) is 0 Å². The van der Waals surface area contributed by atoms with Gasteiger partial charge in [-0.3, -0.25) is 14.6 Å². The van der Waals surface area contributed by atoms with E-state index in [1.54, 1.807) is 6.20 Å². The molecule has 6 nitrogen and oxygen atoms in total. The predicted molar refractivity (Wildman–Crippen MR) is 109 cm³/mol. The summed E-state index contributed by atoms with van der Waals surface area (Å²) in [7, 11) is 0. The Morgan fingerprint density at radius 3 is 2.90 bits per heavy atom. The predicted octanol–water partition coefficient (Wildman–Crippen LogP) is 2.87. The first-order valence-corrected chi connectivity index (χ1v) is 10.7. The highest BCUT2D eigenvalue weighted by molar-refractivity contribution is 5.98. The van der Waals surface area contributed by atoms with Gasteiger partial charge in [-0.25, -0.2) is 0 Å². The molecule has 0 saturated carbocycles. The Labute approximate surface area is 170 Å². The van der Waals surface area contributed by atoms with Crippen LogP contribution in [0.3, 0.4) is 0 Å². The van der Waals surface area contributed by atoms with Crippen LogP contribution < -0.4 is 0 Å². The van der Waals surface area contributed by atoms with E-state index in [2.05, 4.69) is 4.98 Å². The lowest BCUT2D eigenvalue weighted by Gasteiger charge is -2.39. The highest BCUT2D eigenvalue weighted by atomic mass is 16.5. The van der Waals surface area contributed by atoms with Gasteiger partial charge in [0.05, 0.1) is 11.6 Å². The van der Waals surface area contributed by atoms with E-state index in [0.717, 1.165) is 56.3 Å². The Hall–Kier alpha value is -2.47. The number of pyridine rings is 1. The van der Waals surface area contributed by atoms with Gasteiger partial charge in [-0.2, -0.15) is 0 Å². The zero-order valence-corrected chi connectivity index (χ0v) is 16.7. The lowest BCUT2D eigenvalue weighted by molar-refractivity contribution is -0.129. The van der Waals surface area contributed by atoms with Crippen molar-refractivity contribution < 1.29 is 14.3 Å². The third kappa shape index (κ3) is 3.62. The molecule has 152 valence electrons. The molecule has 29 heavy (non-hydrogen) atoms. The molecule has 2 aromatic rings. The van der Waals surface area contributed by atoms with Gasteiger partial charge < -0.3 is 14.5 Å². The third-order valence-corrected chi connectivity index (χ3v) is 6.81. The van der Waals surface area contributed by atoms with Crippen LogP contribution in [-0.4, -0.2) is 65.5 Å². The molecule has 2 amide bonds. The number of rotatable bonds is 3. The molecule has 3 aliphatic heterocycles. The number of likely N-dealkylation sites (tertiary alicyclic amines) is 2. The van der Waals surface area contributed by atoms with Crippen LogP contribution in [0.2, 0.25) is 0 Å². The summed E-state index contributed by atoms with van der Waals surface area (Å²) >= 11 is 0. The van der Waals surface area contributed by atoms with E-state index in [4.69, 9.17) is 4.74 Å². The Morgan fingerprint density at radius 1 is 1.24 bits per heavy atom. The van der Waals surface area contributed by atoms with Gasteiger partial charge in [0.15, 0.2) is 0 Å². The standard InChI is InChI=1S/C23H27N3O3/c27-21-14-23(16-26(21)15-19-4-2-12-29-19)7-10-25(11-8-23)22(28)18-5-6-20-17(13-18)3-1-9-24-20/h1,3,5-6,9,13,19H,2,4,7-8,10-12,14-16H2/t19-/m0/s1. The van der Waals surface area contributed by atoms with Crippen LogP contribution >= 0.6 is 0 Å². The van der Waals surface area contributed by atoms with Crippen LogP contribution in [0.4, 0.5) is 0 Å². The average Bonchev–Trinajstić information content (AvgIpc) is 3.36. The van der Waals surface area contributed by atoms with E-state index in [-0.39, 0.29) is 23.3 Å². The SMILES string of the molecule is O=C1CC2(CCN(C(=O)c3ccc4ncccc4c3)CC2)CN1C[C@@H]1CCCO1. The summed E-state index contributed by atoms with van der Waals surface area (Å²) in [6, 6.07) is 9.58. The molecule has 3 aliphatic rings. The first-order valence-electron chi connectivity index (χ1n) is 10.7. The van der Waals surface area contributed by atoms with Crippen molar-refractivity contribution in [2.45, 2.75) is 38.2 Å². The molecule has 6 heteroatoms. The number of ether oxygens (including phenoxy) is 1. The van der Waals surface area contributed by atoms with Crippen LogP contribution in [0.1, 0.15) is 42.5 Å². The van der Waals surface area contributed by atoms with E-state index >= 15 is 0 Å². The first kappa shape index (κ1) is 18.6. The molecule has 0 radical (unpaired) electrons. The maximum absolute atomic E-state index is 13.0. The van der Waals surface area contributed by atoms with Crippen molar-refractivity contribution in [3.63, 3.8) is 0 Å². The van der Waals surface area contributed by atoms with Crippen molar-refractivity contribution >= 4 is 22.7 Å². The molecule has 0 aliphatic carbocycles. The lowest BCUT2D eigenvalue weighted by atomic mass is 9.77. The van der Waals surface area contributed by atoms with Crippen LogP contribution in [-0.2, 0) is 9.53 Å². The van der Waals surface area contributed by atoms with Crippen LogP contribution in [0.25, 0.3) is 10.9 Å². The molecule has 0 unspecified atom stereocenters. The molecular weight excluding hydrogens is 366 g/mol. The minimum atomic E-state index is 0.0276. The molecule has 1 atom stereocenters. The second-order valence-corrected chi connectivity index (χ2v) is 8.79. The quantitative estimate of drug-likeness (QED) is 0.805. The van der Waals surface area contributed by atoms with E-state index in [9.17, 15) is 9.59 Å². The van der Waals surface area contributed by atoms with Gasteiger partial charge in [-0.1, -0.05) is 6.07 Å². The average molecular weight is 393 g/mol. The zero-order chi connectivity index (χ0) is 19.8. The molecule has 3 fully saturated rings. The Morgan fingerprint density at radius 2 is 2.10 bits per heavy atom. The minimum Gasteiger partial charge on any atom is -0.376 e. The molecule has 0 bridgehead atoms. The number of hydrogen-bond acceptors (Lipinski definition) is 4. The Kier molecular flexibility index (Phi) is 4.74. The largest absolute Gasteiger partial charge is 0.376 e. The van der Waals surface area contributed by atoms with Gasteiger partial charge in [-0.05, 0) is 49.9 Å². The van der Waals surface area contributed by atoms with Crippen molar-refractivity contribution in [2.75, 3.05) is 32.8 Å². The van der Waals surface area contributed by atoms with Gasteiger partial charge in [0, 0.05) is 61.8 Å². The summed E-state index contributed by atoms with van der Waals surface area (Å²) in [5.41, 5.74) is 1.64. The number of nitrogens with zero attached hydrogens (tertiary/aromatic N) is 3. The molecule has 4 heterocycles. The Balaban J connectivity index is 1.22. The van der Waals surface area contributed by atoms with Gasteiger partial charge >= 0.3 is 0 Å². The number of carbonyl (C=O) groups is 2. The van der Waals surface area contributed by atoms with Crippen molar-refractivity contribution in [3.8, 4) is 0 Å². The summed E-state index contributed by atoms with van der Waals surface area (Å²) in [6.07, 6.45) is 6.52. The Bertz CT molecular complexity index is 930. The summed E-state index contributed by atoms with van der Waals surface area (Å²) in [6.45, 7) is 3.79. The topological polar surface area (TPSA) is 62.7 Å². The van der Waals surface area contributed by atoms with E-state index in [1.807, 2.05) is 40.1 Å². The fourth-order valence-corrected chi connectivity index (χ4v) is 5.09. The maximum atomic E-state index is 13.0. The third-order valence-electron chi connectivity index (χ3n) is 6.81. The van der Waals surface area contributed by atoms with E-state index < -0.39 is 0 Å². The van der Waals surface area contributed by atoms with E-state index in [0.29, 0.717) is 25.1 Å². The molecular formula is C23H27N3O3. The van der Waals surface area contributed by atoms with Crippen LogP contribution in [0, 0.1) is 5.41 Å². The second kappa shape index (κ2) is 7.41. The monoisotopic (exact) mass is 393 g/mol. The number of carbonyl (C=O) groups excluding carboxylic acids is 2. The number of hydrogen-bond donors (Lipinski definition) is 0. The van der Waals surface area contributed by atoms with Crippen molar-refractivity contribution in [2.24, 2.45) is 5.41 Å². The number of amides is 2. The highest BCUT2D eigenvalue weighted by Gasteiger charge is 2.46. The normalized spacial score (nSPS) is 24.0. The van der Waals surface area contributed by atoms with Crippen molar-refractivity contribution in [3.05, 3.63) is 42.1 Å². The summed E-state index contributed by atoms with van der Waals surface area (Å²) in [5.74, 6) is 0.327. The molecule has 1 aromatic heterocycles. The van der Waals surface area contributed by atoms with E-state index in [1.165, 1.54) is 0 Å². The number of aromatic nitrogens is 1. The summed E-state index contributed by atoms with van der Waals surface area (Å²) in [5, 5.41) is 0.984. The first-order chi connectivity index (χ1) is 14.1. The summed E-state index contributed by atoms with van der Waals surface area (Å²) < 4.78 is 5.72. The maximum Gasteiger partial charge on any atom is 0.253 e. The van der Waals surface area contributed by atoms with Crippen molar-refractivity contribution in [1.82, 2.24) is 14.8 Å².